The van der Waals surface area contributed by atoms with E-state index in [2.05, 4.69) is 10.6 Å². The van der Waals surface area contributed by atoms with Crippen molar-refractivity contribution in [2.75, 3.05) is 37.7 Å². The Morgan fingerprint density at radius 2 is 2.10 bits per heavy atom. The van der Waals surface area contributed by atoms with Crippen LogP contribution in [0.4, 0.5) is 14.9 Å². The molecule has 8 heteroatoms. The van der Waals surface area contributed by atoms with Gasteiger partial charge in [0.1, 0.15) is 11.9 Å². The molecule has 162 valence electrons. The first-order chi connectivity index (χ1) is 15.1. The predicted molar refractivity (Wildman–Crippen MR) is 114 cm³/mol. The molecular weight excluding hydrogens is 401 g/mol. The second-order valence-electron chi connectivity index (χ2n) is 7.37. The lowest BCUT2D eigenvalue weighted by Crippen LogP contribution is -2.34. The molecular formula is C23H24FN3O4. The Morgan fingerprint density at radius 1 is 1.26 bits per heavy atom. The normalized spacial score (nSPS) is 21.3. The van der Waals surface area contributed by atoms with Gasteiger partial charge in [0.25, 0.3) is 0 Å². The Kier molecular flexibility index (Phi) is 6.59. The van der Waals surface area contributed by atoms with E-state index in [0.717, 1.165) is 12.1 Å². The van der Waals surface area contributed by atoms with Gasteiger partial charge in [-0.1, -0.05) is 36.4 Å². The van der Waals surface area contributed by atoms with E-state index in [1.54, 1.807) is 18.2 Å². The highest BCUT2D eigenvalue weighted by atomic mass is 19.1. The monoisotopic (exact) mass is 425 g/mol. The van der Waals surface area contributed by atoms with Gasteiger partial charge in [-0.05, 0) is 23.8 Å². The molecule has 2 aliphatic rings. The van der Waals surface area contributed by atoms with Crippen molar-refractivity contribution < 1.29 is 23.5 Å². The number of carbonyl (C=O) groups is 2. The van der Waals surface area contributed by atoms with E-state index in [1.165, 1.54) is 17.0 Å². The summed E-state index contributed by atoms with van der Waals surface area (Å²) in [7, 11) is 0. The van der Waals surface area contributed by atoms with Crippen LogP contribution in [-0.4, -0.2) is 50.9 Å². The first-order valence-corrected chi connectivity index (χ1v) is 10.2. The number of anilines is 1. The number of cyclic esters (lactones) is 1. The zero-order chi connectivity index (χ0) is 21.6. The van der Waals surface area contributed by atoms with Gasteiger partial charge in [0.2, 0.25) is 5.91 Å². The number of ether oxygens (including phenoxy) is 2. The SMILES string of the molecule is O=C(/C=C/c1ccccc1)NCC1CN(c2ccc(C3CNCCO3)c(F)c2)C(=O)O1. The number of amides is 2. The van der Waals surface area contributed by atoms with Gasteiger partial charge in [-0.25, -0.2) is 9.18 Å². The third-order valence-corrected chi connectivity index (χ3v) is 5.17. The first kappa shape index (κ1) is 21.0. The van der Waals surface area contributed by atoms with E-state index in [1.807, 2.05) is 30.3 Å². The summed E-state index contributed by atoms with van der Waals surface area (Å²) in [6, 6.07) is 14.1. The van der Waals surface area contributed by atoms with Crippen LogP contribution in [0.5, 0.6) is 0 Å². The van der Waals surface area contributed by atoms with Crippen molar-refractivity contribution in [2.45, 2.75) is 12.2 Å². The minimum Gasteiger partial charge on any atom is -0.442 e. The lowest BCUT2D eigenvalue weighted by molar-refractivity contribution is -0.116. The van der Waals surface area contributed by atoms with Crippen molar-refractivity contribution in [1.82, 2.24) is 10.6 Å². The van der Waals surface area contributed by atoms with Crippen LogP contribution in [-0.2, 0) is 14.3 Å². The van der Waals surface area contributed by atoms with E-state index in [0.29, 0.717) is 24.4 Å². The number of hydrogen-bond donors (Lipinski definition) is 2. The van der Waals surface area contributed by atoms with E-state index in [4.69, 9.17) is 9.47 Å². The van der Waals surface area contributed by atoms with Gasteiger partial charge in [0, 0.05) is 24.7 Å². The summed E-state index contributed by atoms with van der Waals surface area (Å²) < 4.78 is 25.6. The maximum Gasteiger partial charge on any atom is 0.414 e. The number of morpholine rings is 1. The van der Waals surface area contributed by atoms with Crippen LogP contribution in [0.2, 0.25) is 0 Å². The quantitative estimate of drug-likeness (QED) is 0.696. The Bertz CT molecular complexity index is 961. The third kappa shape index (κ3) is 5.28. The maximum absolute atomic E-state index is 14.6. The molecule has 7 nitrogen and oxygen atoms in total. The molecule has 2 unspecified atom stereocenters. The van der Waals surface area contributed by atoms with E-state index >= 15 is 0 Å². The van der Waals surface area contributed by atoms with Crippen molar-refractivity contribution in [1.29, 1.82) is 0 Å². The summed E-state index contributed by atoms with van der Waals surface area (Å²) >= 11 is 0. The molecule has 2 aromatic carbocycles. The molecule has 4 rings (SSSR count). The Balaban J connectivity index is 1.32. The smallest absolute Gasteiger partial charge is 0.414 e. The number of carbonyl (C=O) groups excluding carboxylic acids is 2. The topological polar surface area (TPSA) is 79.9 Å². The lowest BCUT2D eigenvalue weighted by atomic mass is 10.1. The van der Waals surface area contributed by atoms with Gasteiger partial charge in [-0.3, -0.25) is 9.69 Å². The highest BCUT2D eigenvalue weighted by Gasteiger charge is 2.33. The van der Waals surface area contributed by atoms with E-state index in [9.17, 15) is 14.0 Å². The molecule has 2 N–H and O–H groups in total. The molecule has 0 radical (unpaired) electrons. The van der Waals surface area contributed by atoms with Crippen LogP contribution in [0.3, 0.4) is 0 Å². The molecule has 2 amide bonds. The van der Waals surface area contributed by atoms with E-state index < -0.39 is 18.0 Å². The van der Waals surface area contributed by atoms with Gasteiger partial charge >= 0.3 is 6.09 Å². The lowest BCUT2D eigenvalue weighted by Gasteiger charge is -2.25. The number of hydrogen-bond acceptors (Lipinski definition) is 5. The summed E-state index contributed by atoms with van der Waals surface area (Å²) in [6.45, 7) is 2.21. The molecule has 2 atom stereocenters. The Hall–Kier alpha value is -3.23. The van der Waals surface area contributed by atoms with Gasteiger partial charge < -0.3 is 20.1 Å². The highest BCUT2D eigenvalue weighted by molar-refractivity contribution is 5.92. The third-order valence-electron chi connectivity index (χ3n) is 5.17. The summed E-state index contributed by atoms with van der Waals surface area (Å²) in [5, 5.41) is 5.89. The maximum atomic E-state index is 14.6. The average molecular weight is 425 g/mol. The van der Waals surface area contributed by atoms with Crippen molar-refractivity contribution in [2.24, 2.45) is 0 Å². The number of benzene rings is 2. The zero-order valence-electron chi connectivity index (χ0n) is 16.9. The molecule has 2 aromatic rings. The fourth-order valence-electron chi connectivity index (χ4n) is 3.56. The summed E-state index contributed by atoms with van der Waals surface area (Å²) in [4.78, 5) is 25.6. The molecule has 0 aromatic heterocycles. The largest absolute Gasteiger partial charge is 0.442 e. The molecule has 2 aliphatic heterocycles. The zero-order valence-corrected chi connectivity index (χ0v) is 16.9. The average Bonchev–Trinajstić information content (AvgIpc) is 3.18. The minimum atomic E-state index is -0.568. The second-order valence-corrected chi connectivity index (χ2v) is 7.37. The summed E-state index contributed by atoms with van der Waals surface area (Å²) in [5.41, 5.74) is 1.78. The first-order valence-electron chi connectivity index (χ1n) is 10.2. The van der Waals surface area contributed by atoms with Crippen LogP contribution in [0.1, 0.15) is 17.2 Å². The molecule has 0 aliphatic carbocycles. The Labute approximate surface area is 179 Å². The number of nitrogens with one attached hydrogen (secondary N) is 2. The minimum absolute atomic E-state index is 0.169. The molecule has 0 bridgehead atoms. The fraction of sp³-hybridized carbons (Fsp3) is 0.304. The van der Waals surface area contributed by atoms with Crippen LogP contribution in [0, 0.1) is 5.82 Å². The second kappa shape index (κ2) is 9.72. The van der Waals surface area contributed by atoms with Gasteiger partial charge in [-0.15, -0.1) is 0 Å². The van der Waals surface area contributed by atoms with Crippen molar-refractivity contribution in [3.8, 4) is 0 Å². The van der Waals surface area contributed by atoms with Gasteiger partial charge in [0.05, 0.1) is 31.5 Å². The fourth-order valence-corrected chi connectivity index (χ4v) is 3.56. The number of halogens is 1. The molecule has 2 heterocycles. The molecule has 31 heavy (non-hydrogen) atoms. The van der Waals surface area contributed by atoms with Crippen LogP contribution < -0.4 is 15.5 Å². The van der Waals surface area contributed by atoms with Crippen LogP contribution in [0.25, 0.3) is 6.08 Å². The predicted octanol–water partition coefficient (Wildman–Crippen LogP) is 2.64. The number of rotatable bonds is 6. The summed E-state index contributed by atoms with van der Waals surface area (Å²) in [6.07, 6.45) is 1.70. The van der Waals surface area contributed by atoms with Crippen molar-refractivity contribution in [3.05, 3.63) is 71.6 Å². The standard InChI is InChI=1S/C23H24FN3O4/c24-20-12-17(7-8-19(20)21-14-25-10-11-30-21)27-15-18(31-23(27)29)13-26-22(28)9-6-16-4-2-1-3-5-16/h1-9,12,18,21,25H,10-11,13-15H2,(H,26,28)/b9-6+. The molecule has 2 fully saturated rings. The Morgan fingerprint density at radius 3 is 2.84 bits per heavy atom. The number of nitrogens with zero attached hydrogens (tertiary/aromatic N) is 1. The molecule has 0 spiro atoms. The van der Waals surface area contributed by atoms with E-state index in [-0.39, 0.29) is 25.1 Å². The van der Waals surface area contributed by atoms with Crippen molar-refractivity contribution >= 4 is 23.8 Å². The van der Waals surface area contributed by atoms with Crippen molar-refractivity contribution in [3.63, 3.8) is 0 Å². The highest BCUT2D eigenvalue weighted by Crippen LogP contribution is 2.28. The van der Waals surface area contributed by atoms with Crippen LogP contribution >= 0.6 is 0 Å². The van der Waals surface area contributed by atoms with Crippen LogP contribution in [0.15, 0.2) is 54.6 Å². The van der Waals surface area contributed by atoms with Gasteiger partial charge in [0.15, 0.2) is 0 Å². The molecule has 0 saturated carbocycles. The van der Waals surface area contributed by atoms with Gasteiger partial charge in [-0.2, -0.15) is 0 Å². The summed E-state index contributed by atoms with van der Waals surface area (Å²) in [5.74, 6) is -0.711. The molecule has 2 saturated heterocycles.